The molecule has 0 spiro atoms. The Balaban J connectivity index is 1.99. The summed E-state index contributed by atoms with van der Waals surface area (Å²) in [6.07, 6.45) is -9.52. The fraction of sp³-hybridized carbons (Fsp3) is 0.368. The summed E-state index contributed by atoms with van der Waals surface area (Å²) in [6, 6.07) is 1.20. The fourth-order valence-corrected chi connectivity index (χ4v) is 4.87. The Kier molecular flexibility index (Phi) is 6.22. The van der Waals surface area contributed by atoms with Crippen LogP contribution in [0.15, 0.2) is 36.5 Å². The molecule has 2 atom stereocenters. The van der Waals surface area contributed by atoms with Crippen molar-refractivity contribution in [2.75, 3.05) is 18.1 Å². The summed E-state index contributed by atoms with van der Waals surface area (Å²) >= 11 is 0. The maximum absolute atomic E-state index is 14.6. The number of halogens is 7. The zero-order chi connectivity index (χ0) is 25.7. The van der Waals surface area contributed by atoms with E-state index in [1.807, 2.05) is 0 Å². The van der Waals surface area contributed by atoms with Crippen LogP contribution >= 0.6 is 0 Å². The molecule has 1 fully saturated rings. The smallest absolute Gasteiger partial charge is 0.369 e. The lowest BCUT2D eigenvalue weighted by Gasteiger charge is -2.40. The number of nitrogens with zero attached hydrogens (tertiary/aromatic N) is 2. The number of hydrogen-bond donors (Lipinski definition) is 3. The molecule has 1 aromatic heterocycles. The SMILES string of the molecule is CN1C(=N)N[C@](C)(c2cc(NC(c3ccc(C(F)(F)F)cn3)C(F)(F)F)ccc2F)CS1(=O)=O. The van der Waals surface area contributed by atoms with E-state index in [1.165, 1.54) is 6.92 Å². The monoisotopic (exact) mass is 513 g/mol. The number of anilines is 1. The zero-order valence-electron chi connectivity index (χ0n) is 17.5. The summed E-state index contributed by atoms with van der Waals surface area (Å²) in [5.41, 5.74) is -4.32. The number of alkyl halides is 6. The highest BCUT2D eigenvalue weighted by Crippen LogP contribution is 2.38. The van der Waals surface area contributed by atoms with Gasteiger partial charge in [0.05, 0.1) is 22.5 Å². The van der Waals surface area contributed by atoms with Gasteiger partial charge >= 0.3 is 12.4 Å². The summed E-state index contributed by atoms with van der Waals surface area (Å²) in [7, 11) is -2.91. The molecule has 2 aromatic rings. The highest BCUT2D eigenvalue weighted by molar-refractivity contribution is 7.89. The van der Waals surface area contributed by atoms with Gasteiger partial charge in [-0.3, -0.25) is 10.4 Å². The Hall–Kier alpha value is -3.10. The first-order valence-electron chi connectivity index (χ1n) is 9.44. The van der Waals surface area contributed by atoms with E-state index in [-0.39, 0.29) is 17.4 Å². The molecule has 1 aliphatic heterocycles. The van der Waals surface area contributed by atoms with Gasteiger partial charge < -0.3 is 10.6 Å². The summed E-state index contributed by atoms with van der Waals surface area (Å²) in [4.78, 5) is 3.29. The molecule has 0 aliphatic carbocycles. The van der Waals surface area contributed by atoms with Crippen molar-refractivity contribution in [2.24, 2.45) is 0 Å². The Morgan fingerprint density at radius 1 is 1.18 bits per heavy atom. The summed E-state index contributed by atoms with van der Waals surface area (Å²) in [6.45, 7) is 1.27. The van der Waals surface area contributed by atoms with E-state index in [9.17, 15) is 39.2 Å². The molecule has 7 nitrogen and oxygen atoms in total. The second kappa shape index (κ2) is 8.29. The molecule has 3 rings (SSSR count). The second-order valence-corrected chi connectivity index (χ2v) is 9.81. The maximum atomic E-state index is 14.6. The summed E-state index contributed by atoms with van der Waals surface area (Å²) in [5, 5.41) is 12.4. The van der Waals surface area contributed by atoms with E-state index in [2.05, 4.69) is 15.6 Å². The normalized spacial score (nSPS) is 21.7. The van der Waals surface area contributed by atoms with Gasteiger partial charge in [-0.1, -0.05) is 0 Å². The topological polar surface area (TPSA) is 98.2 Å². The number of nitrogens with one attached hydrogen (secondary N) is 3. The van der Waals surface area contributed by atoms with Gasteiger partial charge in [-0.25, -0.2) is 17.1 Å². The minimum absolute atomic E-state index is 0.270. The van der Waals surface area contributed by atoms with Gasteiger partial charge in [-0.15, -0.1) is 0 Å². The van der Waals surface area contributed by atoms with Gasteiger partial charge in [-0.05, 0) is 37.3 Å². The molecule has 186 valence electrons. The van der Waals surface area contributed by atoms with E-state index in [0.717, 1.165) is 25.2 Å². The maximum Gasteiger partial charge on any atom is 0.417 e. The molecule has 0 amide bonds. The summed E-state index contributed by atoms with van der Waals surface area (Å²) in [5.74, 6) is -2.19. The lowest BCUT2D eigenvalue weighted by atomic mass is 9.92. The second-order valence-electron chi connectivity index (χ2n) is 7.81. The van der Waals surface area contributed by atoms with E-state index < -0.39 is 62.7 Å². The molecule has 1 aromatic carbocycles. The first kappa shape index (κ1) is 25.5. The predicted octanol–water partition coefficient (Wildman–Crippen LogP) is 3.97. The van der Waals surface area contributed by atoms with Gasteiger partial charge in [0.25, 0.3) is 0 Å². The van der Waals surface area contributed by atoms with Crippen LogP contribution in [0.3, 0.4) is 0 Å². The average molecular weight is 513 g/mol. The standard InChI is InChI=1S/C19H18F7N5O2S/c1-17(9-34(32,33)31(2)16(27)30-17)12-7-11(4-5-13(12)20)29-15(19(24,25)26)14-6-3-10(8-28-14)18(21,22)23/h3-8,15,29H,9H2,1-2H3,(H2,27,30)/t15?,17-/m0/s1. The Morgan fingerprint density at radius 2 is 1.82 bits per heavy atom. The third kappa shape index (κ3) is 5.03. The van der Waals surface area contributed by atoms with Crippen molar-refractivity contribution in [1.29, 1.82) is 5.41 Å². The quantitative estimate of drug-likeness (QED) is 0.538. The first-order chi connectivity index (χ1) is 15.4. The Bertz CT molecular complexity index is 1200. The highest BCUT2D eigenvalue weighted by atomic mass is 32.2. The number of pyridine rings is 1. The van der Waals surface area contributed by atoms with E-state index in [4.69, 9.17) is 5.41 Å². The van der Waals surface area contributed by atoms with Crippen LogP contribution < -0.4 is 10.6 Å². The summed E-state index contributed by atoms with van der Waals surface area (Å²) < 4.78 is 119. The van der Waals surface area contributed by atoms with Gasteiger partial charge in [-0.2, -0.15) is 26.3 Å². The average Bonchev–Trinajstić information content (AvgIpc) is 2.69. The highest BCUT2D eigenvalue weighted by Gasteiger charge is 2.45. The molecular formula is C19H18F7N5O2S. The van der Waals surface area contributed by atoms with Gasteiger partial charge in [0.1, 0.15) is 5.82 Å². The Morgan fingerprint density at radius 3 is 2.32 bits per heavy atom. The van der Waals surface area contributed by atoms with Crippen molar-refractivity contribution in [2.45, 2.75) is 30.9 Å². The minimum Gasteiger partial charge on any atom is -0.369 e. The van der Waals surface area contributed by atoms with Crippen LogP contribution in [0, 0.1) is 11.2 Å². The number of sulfonamides is 1. The number of hydrogen-bond acceptors (Lipinski definition) is 5. The van der Waals surface area contributed by atoms with Crippen LogP contribution in [-0.2, 0) is 21.7 Å². The lowest BCUT2D eigenvalue weighted by Crippen LogP contribution is -2.61. The van der Waals surface area contributed by atoms with Crippen LogP contribution in [0.2, 0.25) is 0 Å². The molecule has 3 N–H and O–H groups in total. The molecule has 0 radical (unpaired) electrons. The van der Waals surface area contributed by atoms with Crippen LogP contribution in [0.4, 0.5) is 36.4 Å². The van der Waals surface area contributed by atoms with Crippen LogP contribution in [0.25, 0.3) is 0 Å². The molecule has 1 unspecified atom stereocenters. The molecular weight excluding hydrogens is 495 g/mol. The first-order valence-corrected chi connectivity index (χ1v) is 11.0. The molecule has 34 heavy (non-hydrogen) atoms. The van der Waals surface area contributed by atoms with Crippen molar-refractivity contribution in [1.82, 2.24) is 14.6 Å². The molecule has 2 heterocycles. The third-order valence-electron chi connectivity index (χ3n) is 5.21. The van der Waals surface area contributed by atoms with Crippen molar-refractivity contribution >= 4 is 21.7 Å². The predicted molar refractivity (Wildman–Crippen MR) is 108 cm³/mol. The van der Waals surface area contributed by atoms with Gasteiger partial charge in [0.2, 0.25) is 16.0 Å². The number of guanidine groups is 1. The molecule has 0 bridgehead atoms. The number of benzene rings is 1. The fourth-order valence-electron chi connectivity index (χ4n) is 3.39. The van der Waals surface area contributed by atoms with Crippen molar-refractivity contribution in [3.63, 3.8) is 0 Å². The van der Waals surface area contributed by atoms with E-state index in [0.29, 0.717) is 16.4 Å². The van der Waals surface area contributed by atoms with Crippen LogP contribution in [0.1, 0.15) is 29.8 Å². The molecule has 15 heteroatoms. The van der Waals surface area contributed by atoms with Crippen LogP contribution in [-0.4, -0.2) is 42.6 Å². The van der Waals surface area contributed by atoms with Gasteiger partial charge in [0, 0.05) is 24.5 Å². The largest absolute Gasteiger partial charge is 0.417 e. The van der Waals surface area contributed by atoms with E-state index >= 15 is 0 Å². The lowest BCUT2D eigenvalue weighted by molar-refractivity contribution is -0.144. The van der Waals surface area contributed by atoms with Crippen molar-refractivity contribution in [3.8, 4) is 0 Å². The zero-order valence-corrected chi connectivity index (χ0v) is 18.3. The number of rotatable bonds is 4. The number of aromatic nitrogens is 1. The molecule has 1 saturated heterocycles. The van der Waals surface area contributed by atoms with Gasteiger partial charge in [0.15, 0.2) is 6.04 Å². The van der Waals surface area contributed by atoms with E-state index in [1.54, 1.807) is 0 Å². The van der Waals surface area contributed by atoms with Crippen LogP contribution in [0.5, 0.6) is 0 Å². The third-order valence-corrected chi connectivity index (χ3v) is 7.17. The Labute approximate surface area is 189 Å². The minimum atomic E-state index is -5.00. The molecule has 0 saturated carbocycles. The van der Waals surface area contributed by atoms with Crippen molar-refractivity contribution < 1.29 is 39.2 Å². The van der Waals surface area contributed by atoms with Crippen molar-refractivity contribution in [3.05, 3.63) is 59.2 Å². The molecule has 1 aliphatic rings.